The van der Waals surface area contributed by atoms with Crippen molar-refractivity contribution >= 4 is 57.3 Å². The molecular weight excluding hydrogens is 547 g/mol. The molecule has 0 radical (unpaired) electrons. The third-order valence-electron chi connectivity index (χ3n) is 4.78. The molecule has 2 aromatic rings. The van der Waals surface area contributed by atoms with Crippen LogP contribution in [0.5, 0.6) is 11.5 Å². The molecule has 0 saturated carbocycles. The smallest absolute Gasteiger partial charge is 0.293 e. The van der Waals surface area contributed by atoms with Gasteiger partial charge in [-0.15, -0.1) is 0 Å². The second-order valence-corrected chi connectivity index (χ2v) is 9.22. The molecule has 0 aromatic heterocycles. The normalized spacial score (nSPS) is 15.9. The zero-order valence-electron chi connectivity index (χ0n) is 17.7. The van der Waals surface area contributed by atoms with E-state index in [1.807, 2.05) is 19.9 Å². The summed E-state index contributed by atoms with van der Waals surface area (Å²) in [5, 5.41) is 10.6. The van der Waals surface area contributed by atoms with Gasteiger partial charge in [-0.2, -0.15) is 0 Å². The highest BCUT2D eigenvalue weighted by Crippen LogP contribution is 2.38. The molecule has 1 atom stereocenters. The number of benzene rings is 2. The molecule has 1 heterocycles. The van der Waals surface area contributed by atoms with E-state index >= 15 is 0 Å². The summed E-state index contributed by atoms with van der Waals surface area (Å²) in [6, 6.07) is 9.50. The molecule has 10 heteroatoms. The van der Waals surface area contributed by atoms with Crippen molar-refractivity contribution in [3.8, 4) is 11.5 Å². The van der Waals surface area contributed by atoms with E-state index in [0.29, 0.717) is 22.6 Å². The van der Waals surface area contributed by atoms with E-state index in [-0.39, 0.29) is 23.2 Å². The second kappa shape index (κ2) is 10.3. The van der Waals surface area contributed by atoms with Gasteiger partial charge in [0.15, 0.2) is 11.5 Å². The van der Waals surface area contributed by atoms with Crippen LogP contribution in [0.25, 0.3) is 6.08 Å². The summed E-state index contributed by atoms with van der Waals surface area (Å²) in [6.45, 7) is 3.97. The fraction of sp³-hybridized carbons (Fsp3) is 0.273. The number of nitro benzene ring substituents is 1. The zero-order valence-corrected chi connectivity index (χ0v) is 20.6. The molecule has 1 saturated heterocycles. The molecule has 1 aliphatic heterocycles. The number of nitro groups is 1. The standard InChI is InChI=1S/C22H21IN2O6S/c1-4-13(2)31-20-17(23)9-15(10-18(20)30-3)11-19-21(26)24(22(27)32-19)12-14-6-5-7-16(8-14)25(28)29/h5-11,13H,4,12H2,1-3H3/b19-11+. The van der Waals surface area contributed by atoms with Crippen LogP contribution in [0, 0.1) is 13.7 Å². The Morgan fingerprint density at radius 1 is 1.28 bits per heavy atom. The van der Waals surface area contributed by atoms with Crippen molar-refractivity contribution in [3.05, 3.63) is 66.1 Å². The number of thioether (sulfide) groups is 1. The number of halogens is 1. The minimum Gasteiger partial charge on any atom is -0.493 e. The minimum atomic E-state index is -0.513. The number of ether oxygens (including phenoxy) is 2. The number of methoxy groups -OCH3 is 1. The Bertz CT molecular complexity index is 1100. The lowest BCUT2D eigenvalue weighted by Gasteiger charge is -2.17. The van der Waals surface area contributed by atoms with Crippen LogP contribution >= 0.6 is 34.4 Å². The molecule has 8 nitrogen and oxygen atoms in total. The summed E-state index contributed by atoms with van der Waals surface area (Å²) < 4.78 is 12.2. The van der Waals surface area contributed by atoms with Gasteiger partial charge < -0.3 is 9.47 Å². The quantitative estimate of drug-likeness (QED) is 0.176. The third-order valence-corrected chi connectivity index (χ3v) is 6.49. The number of hydrogen-bond acceptors (Lipinski definition) is 7. The maximum atomic E-state index is 12.9. The monoisotopic (exact) mass is 568 g/mol. The van der Waals surface area contributed by atoms with E-state index in [1.54, 1.807) is 25.3 Å². The SMILES string of the molecule is CCC(C)Oc1c(I)cc(/C=C2/SC(=O)N(Cc3cccc([N+](=O)[O-])c3)C2=O)cc1OC. The van der Waals surface area contributed by atoms with Crippen LogP contribution in [0.4, 0.5) is 10.5 Å². The number of nitrogens with zero attached hydrogens (tertiary/aromatic N) is 2. The van der Waals surface area contributed by atoms with Gasteiger partial charge in [0.2, 0.25) is 0 Å². The molecular formula is C22H21IN2O6S. The summed E-state index contributed by atoms with van der Waals surface area (Å²) in [5.41, 5.74) is 1.11. The van der Waals surface area contributed by atoms with Crippen LogP contribution in [-0.2, 0) is 11.3 Å². The van der Waals surface area contributed by atoms with Crippen LogP contribution in [0.15, 0.2) is 41.3 Å². The molecule has 1 unspecified atom stereocenters. The highest BCUT2D eigenvalue weighted by Gasteiger charge is 2.35. The van der Waals surface area contributed by atoms with Crippen LogP contribution < -0.4 is 9.47 Å². The van der Waals surface area contributed by atoms with Crippen molar-refractivity contribution in [2.45, 2.75) is 32.9 Å². The average molecular weight is 568 g/mol. The first-order valence-corrected chi connectivity index (χ1v) is 11.7. The van der Waals surface area contributed by atoms with Gasteiger partial charge in [0, 0.05) is 12.1 Å². The number of imide groups is 1. The van der Waals surface area contributed by atoms with Gasteiger partial charge in [-0.05, 0) is 77.0 Å². The number of hydrogen-bond donors (Lipinski definition) is 0. The highest BCUT2D eigenvalue weighted by molar-refractivity contribution is 14.1. The molecule has 0 spiro atoms. The Hall–Kier alpha value is -2.60. The molecule has 0 bridgehead atoms. The van der Waals surface area contributed by atoms with Gasteiger partial charge in [-0.25, -0.2) is 0 Å². The lowest BCUT2D eigenvalue weighted by atomic mass is 10.1. The maximum absolute atomic E-state index is 12.9. The van der Waals surface area contributed by atoms with Gasteiger partial charge >= 0.3 is 0 Å². The van der Waals surface area contributed by atoms with Crippen molar-refractivity contribution in [2.75, 3.05) is 7.11 Å². The Morgan fingerprint density at radius 3 is 2.69 bits per heavy atom. The number of rotatable bonds is 8. The second-order valence-electron chi connectivity index (χ2n) is 7.07. The van der Waals surface area contributed by atoms with E-state index in [0.717, 1.165) is 26.7 Å². The van der Waals surface area contributed by atoms with Crippen molar-refractivity contribution in [2.24, 2.45) is 0 Å². The zero-order chi connectivity index (χ0) is 23.4. The predicted octanol–water partition coefficient (Wildman–Crippen LogP) is 5.62. The topological polar surface area (TPSA) is 99.0 Å². The Kier molecular flexibility index (Phi) is 7.77. The van der Waals surface area contributed by atoms with Gasteiger partial charge in [0.05, 0.1) is 33.2 Å². The third kappa shape index (κ3) is 5.41. The molecule has 0 N–H and O–H groups in total. The summed E-state index contributed by atoms with van der Waals surface area (Å²) in [6.07, 6.45) is 2.50. The molecule has 32 heavy (non-hydrogen) atoms. The average Bonchev–Trinajstić information content (AvgIpc) is 3.02. The fourth-order valence-corrected chi connectivity index (χ4v) is 4.55. The fourth-order valence-electron chi connectivity index (χ4n) is 2.96. The summed E-state index contributed by atoms with van der Waals surface area (Å²) >= 11 is 2.98. The van der Waals surface area contributed by atoms with E-state index in [9.17, 15) is 19.7 Å². The number of carbonyl (C=O) groups excluding carboxylic acids is 2. The van der Waals surface area contributed by atoms with Crippen molar-refractivity contribution < 1.29 is 24.0 Å². The first-order valence-electron chi connectivity index (χ1n) is 9.76. The lowest BCUT2D eigenvalue weighted by Crippen LogP contribution is -2.27. The maximum Gasteiger partial charge on any atom is 0.293 e. The van der Waals surface area contributed by atoms with Crippen molar-refractivity contribution in [3.63, 3.8) is 0 Å². The van der Waals surface area contributed by atoms with Crippen LogP contribution in [0.2, 0.25) is 0 Å². The summed E-state index contributed by atoms with van der Waals surface area (Å²) in [4.78, 5) is 37.1. The van der Waals surface area contributed by atoms with Gasteiger partial charge in [-0.3, -0.25) is 24.6 Å². The molecule has 1 fully saturated rings. The summed E-state index contributed by atoms with van der Waals surface area (Å²) in [7, 11) is 1.55. The Labute approximate surface area is 203 Å². The van der Waals surface area contributed by atoms with Crippen molar-refractivity contribution in [1.29, 1.82) is 0 Å². The first kappa shape index (κ1) is 24.1. The molecule has 2 aromatic carbocycles. The number of amides is 2. The molecule has 2 amide bonds. The summed E-state index contributed by atoms with van der Waals surface area (Å²) in [5.74, 6) is 0.734. The predicted molar refractivity (Wildman–Crippen MR) is 131 cm³/mol. The largest absolute Gasteiger partial charge is 0.493 e. The number of carbonyl (C=O) groups is 2. The molecule has 1 aliphatic rings. The highest BCUT2D eigenvalue weighted by atomic mass is 127. The van der Waals surface area contributed by atoms with Gasteiger partial charge in [0.1, 0.15) is 0 Å². The van der Waals surface area contributed by atoms with Crippen LogP contribution in [0.1, 0.15) is 31.4 Å². The van der Waals surface area contributed by atoms with Crippen LogP contribution in [0.3, 0.4) is 0 Å². The van der Waals surface area contributed by atoms with E-state index in [1.165, 1.54) is 18.2 Å². The molecule has 3 rings (SSSR count). The minimum absolute atomic E-state index is 0.0218. The molecule has 0 aliphatic carbocycles. The number of non-ortho nitro benzene ring substituents is 1. The van der Waals surface area contributed by atoms with Gasteiger partial charge in [-0.1, -0.05) is 19.1 Å². The van der Waals surface area contributed by atoms with E-state index < -0.39 is 16.1 Å². The van der Waals surface area contributed by atoms with Crippen molar-refractivity contribution in [1.82, 2.24) is 4.90 Å². The van der Waals surface area contributed by atoms with Crippen LogP contribution in [-0.4, -0.2) is 34.2 Å². The van der Waals surface area contributed by atoms with E-state index in [2.05, 4.69) is 22.6 Å². The Balaban J connectivity index is 1.85. The first-order chi connectivity index (χ1) is 15.2. The Morgan fingerprint density at radius 2 is 2.03 bits per heavy atom. The van der Waals surface area contributed by atoms with E-state index in [4.69, 9.17) is 9.47 Å². The lowest BCUT2D eigenvalue weighted by molar-refractivity contribution is -0.384. The molecule has 168 valence electrons. The van der Waals surface area contributed by atoms with Gasteiger partial charge in [0.25, 0.3) is 16.8 Å².